The molecular formula is C10H8BrFN2O. The fraction of sp³-hybridized carbons (Fsp3) is 0.100. The lowest BCUT2D eigenvalue weighted by Gasteiger charge is -2.00. The molecule has 0 amide bonds. The number of anilines is 1. The number of oxazole rings is 1. The maximum absolute atomic E-state index is 13.5. The Morgan fingerprint density at radius 3 is 2.80 bits per heavy atom. The number of aryl methyl sites for hydroxylation is 1. The van der Waals surface area contributed by atoms with E-state index in [4.69, 9.17) is 10.2 Å². The average Bonchev–Trinajstić information content (AvgIpc) is 2.50. The van der Waals surface area contributed by atoms with Crippen molar-refractivity contribution in [3.63, 3.8) is 0 Å². The molecule has 78 valence electrons. The van der Waals surface area contributed by atoms with Gasteiger partial charge in [0, 0.05) is 10.0 Å². The molecular weight excluding hydrogens is 263 g/mol. The van der Waals surface area contributed by atoms with Crippen LogP contribution in [-0.2, 0) is 0 Å². The van der Waals surface area contributed by atoms with Crippen LogP contribution in [0.5, 0.6) is 0 Å². The molecule has 3 nitrogen and oxygen atoms in total. The second-order valence-corrected chi connectivity index (χ2v) is 4.00. The Bertz CT molecular complexity index is 510. The topological polar surface area (TPSA) is 52.0 Å². The normalized spacial score (nSPS) is 10.6. The first-order valence-electron chi connectivity index (χ1n) is 4.26. The van der Waals surface area contributed by atoms with Crippen molar-refractivity contribution in [1.82, 2.24) is 4.98 Å². The smallest absolute Gasteiger partial charge is 0.292 e. The summed E-state index contributed by atoms with van der Waals surface area (Å²) in [6, 6.07) is 4.67. The van der Waals surface area contributed by atoms with Gasteiger partial charge in [-0.05, 0) is 25.1 Å². The van der Waals surface area contributed by atoms with Crippen molar-refractivity contribution < 1.29 is 8.81 Å². The van der Waals surface area contributed by atoms with Crippen molar-refractivity contribution >= 4 is 21.9 Å². The fourth-order valence-corrected chi connectivity index (χ4v) is 1.71. The van der Waals surface area contributed by atoms with Crippen LogP contribution in [0.3, 0.4) is 0 Å². The predicted molar refractivity (Wildman–Crippen MR) is 58.7 cm³/mol. The third kappa shape index (κ3) is 1.87. The molecule has 0 saturated carbocycles. The van der Waals surface area contributed by atoms with Crippen LogP contribution in [0.2, 0.25) is 0 Å². The zero-order valence-electron chi connectivity index (χ0n) is 7.92. The molecule has 15 heavy (non-hydrogen) atoms. The molecule has 0 saturated heterocycles. The lowest BCUT2D eigenvalue weighted by atomic mass is 10.1. The number of rotatable bonds is 1. The van der Waals surface area contributed by atoms with Gasteiger partial charge in [0.2, 0.25) is 0 Å². The van der Waals surface area contributed by atoms with E-state index in [0.29, 0.717) is 17.0 Å². The van der Waals surface area contributed by atoms with Crippen LogP contribution in [-0.4, -0.2) is 4.98 Å². The largest absolute Gasteiger partial charge is 0.429 e. The number of benzene rings is 1. The van der Waals surface area contributed by atoms with Crippen molar-refractivity contribution in [2.45, 2.75) is 6.92 Å². The van der Waals surface area contributed by atoms with Crippen LogP contribution in [0.25, 0.3) is 11.3 Å². The third-order valence-corrected chi connectivity index (χ3v) is 2.49. The maximum Gasteiger partial charge on any atom is 0.292 e. The molecule has 0 bridgehead atoms. The third-order valence-electron chi connectivity index (χ3n) is 2.00. The van der Waals surface area contributed by atoms with E-state index in [0.717, 1.165) is 4.47 Å². The molecule has 1 heterocycles. The molecule has 1 aromatic carbocycles. The number of halogens is 2. The first-order valence-corrected chi connectivity index (χ1v) is 5.05. The molecule has 2 N–H and O–H groups in total. The van der Waals surface area contributed by atoms with Crippen molar-refractivity contribution in [3.8, 4) is 11.3 Å². The quantitative estimate of drug-likeness (QED) is 0.866. The number of nitrogen functional groups attached to an aromatic ring is 1. The minimum atomic E-state index is -0.352. The molecule has 0 aliphatic carbocycles. The summed E-state index contributed by atoms with van der Waals surface area (Å²) in [5, 5.41) is 0. The van der Waals surface area contributed by atoms with Gasteiger partial charge in [0.1, 0.15) is 17.3 Å². The molecule has 0 atom stereocenters. The summed E-state index contributed by atoms with van der Waals surface area (Å²) in [7, 11) is 0. The van der Waals surface area contributed by atoms with Gasteiger partial charge in [0.25, 0.3) is 6.01 Å². The highest BCUT2D eigenvalue weighted by atomic mass is 79.9. The van der Waals surface area contributed by atoms with Crippen molar-refractivity contribution in [2.24, 2.45) is 0 Å². The zero-order valence-corrected chi connectivity index (χ0v) is 9.51. The van der Waals surface area contributed by atoms with E-state index in [9.17, 15) is 4.39 Å². The lowest BCUT2D eigenvalue weighted by Crippen LogP contribution is -1.88. The van der Waals surface area contributed by atoms with Gasteiger partial charge in [-0.1, -0.05) is 15.9 Å². The van der Waals surface area contributed by atoms with Gasteiger partial charge in [0.15, 0.2) is 0 Å². The Kier molecular flexibility index (Phi) is 2.48. The summed E-state index contributed by atoms with van der Waals surface area (Å²) in [4.78, 5) is 3.93. The SMILES string of the molecule is Cc1oc(N)nc1-c1cc(Br)ccc1F. The van der Waals surface area contributed by atoms with Gasteiger partial charge < -0.3 is 10.2 Å². The maximum atomic E-state index is 13.5. The molecule has 1 aromatic heterocycles. The highest BCUT2D eigenvalue weighted by Crippen LogP contribution is 2.29. The molecule has 0 aliphatic rings. The van der Waals surface area contributed by atoms with E-state index in [1.54, 1.807) is 19.1 Å². The highest BCUT2D eigenvalue weighted by Gasteiger charge is 2.14. The first-order chi connectivity index (χ1) is 7.08. The minimum Gasteiger partial charge on any atom is -0.429 e. The molecule has 0 radical (unpaired) electrons. The van der Waals surface area contributed by atoms with Crippen LogP contribution in [0.4, 0.5) is 10.4 Å². The van der Waals surface area contributed by atoms with Gasteiger partial charge in [-0.2, -0.15) is 4.98 Å². The standard InChI is InChI=1S/C10H8BrFN2O/c1-5-9(14-10(13)15-5)7-4-6(11)2-3-8(7)12/h2-4H,1H3,(H2,13,14). The molecule has 0 spiro atoms. The predicted octanol–water partition coefficient (Wildman–Crippen LogP) is 3.13. The van der Waals surface area contributed by atoms with E-state index in [1.807, 2.05) is 0 Å². The minimum absolute atomic E-state index is 0.0434. The summed E-state index contributed by atoms with van der Waals surface area (Å²) >= 11 is 3.27. The molecule has 0 fully saturated rings. The number of nitrogens with zero attached hydrogens (tertiary/aromatic N) is 1. The molecule has 2 aromatic rings. The summed E-state index contributed by atoms with van der Waals surface area (Å²) in [6.07, 6.45) is 0. The van der Waals surface area contributed by atoms with E-state index >= 15 is 0 Å². The number of hydrogen-bond donors (Lipinski definition) is 1. The highest BCUT2D eigenvalue weighted by molar-refractivity contribution is 9.10. The van der Waals surface area contributed by atoms with E-state index in [-0.39, 0.29) is 11.8 Å². The average molecular weight is 271 g/mol. The van der Waals surface area contributed by atoms with Gasteiger partial charge in [0.05, 0.1) is 0 Å². The summed E-state index contributed by atoms with van der Waals surface area (Å²) < 4.78 is 19.3. The van der Waals surface area contributed by atoms with E-state index in [1.165, 1.54) is 6.07 Å². The fourth-order valence-electron chi connectivity index (χ4n) is 1.35. The Morgan fingerprint density at radius 2 is 2.20 bits per heavy atom. The van der Waals surface area contributed by atoms with Crippen LogP contribution in [0.1, 0.15) is 5.76 Å². The zero-order chi connectivity index (χ0) is 11.0. The van der Waals surface area contributed by atoms with E-state index < -0.39 is 0 Å². The van der Waals surface area contributed by atoms with Crippen molar-refractivity contribution in [2.75, 3.05) is 5.73 Å². The summed E-state index contributed by atoms with van der Waals surface area (Å²) in [5.41, 5.74) is 6.21. The first kappa shape index (κ1) is 10.2. The summed E-state index contributed by atoms with van der Waals surface area (Å²) in [5.74, 6) is 0.152. The van der Waals surface area contributed by atoms with Crippen molar-refractivity contribution in [3.05, 3.63) is 34.2 Å². The second kappa shape index (κ2) is 3.66. The van der Waals surface area contributed by atoms with Crippen molar-refractivity contribution in [1.29, 1.82) is 0 Å². The monoisotopic (exact) mass is 270 g/mol. The van der Waals surface area contributed by atoms with Gasteiger partial charge in [-0.3, -0.25) is 0 Å². The molecule has 5 heteroatoms. The Balaban J connectivity index is 2.62. The number of nitrogens with two attached hydrogens (primary N) is 1. The second-order valence-electron chi connectivity index (χ2n) is 3.08. The van der Waals surface area contributed by atoms with Crippen LogP contribution < -0.4 is 5.73 Å². The number of aromatic nitrogens is 1. The molecule has 0 aliphatic heterocycles. The summed E-state index contributed by atoms with van der Waals surface area (Å²) in [6.45, 7) is 1.69. The van der Waals surface area contributed by atoms with Crippen LogP contribution in [0, 0.1) is 12.7 Å². The molecule has 2 rings (SSSR count). The van der Waals surface area contributed by atoms with Crippen LogP contribution in [0.15, 0.2) is 27.1 Å². The van der Waals surface area contributed by atoms with Gasteiger partial charge in [-0.25, -0.2) is 4.39 Å². The Hall–Kier alpha value is -1.36. The van der Waals surface area contributed by atoms with E-state index in [2.05, 4.69) is 20.9 Å². The molecule has 0 unspecified atom stereocenters. The Labute approximate surface area is 94.2 Å². The Morgan fingerprint density at radius 1 is 1.47 bits per heavy atom. The van der Waals surface area contributed by atoms with Gasteiger partial charge in [-0.15, -0.1) is 0 Å². The van der Waals surface area contributed by atoms with Gasteiger partial charge >= 0.3 is 0 Å². The lowest BCUT2D eigenvalue weighted by molar-refractivity contribution is 0.548. The number of hydrogen-bond acceptors (Lipinski definition) is 3. The van der Waals surface area contributed by atoms with Crippen LogP contribution >= 0.6 is 15.9 Å².